The van der Waals surface area contributed by atoms with Crippen molar-refractivity contribution in [3.63, 3.8) is 0 Å². The van der Waals surface area contributed by atoms with E-state index in [1.807, 2.05) is 11.8 Å². The van der Waals surface area contributed by atoms with Gasteiger partial charge < -0.3 is 4.90 Å². The van der Waals surface area contributed by atoms with E-state index in [1.165, 1.54) is 16.9 Å². The molecule has 0 bridgehead atoms. The quantitative estimate of drug-likeness (QED) is 0.746. The van der Waals surface area contributed by atoms with Crippen LogP contribution in [0.2, 0.25) is 0 Å². The highest BCUT2D eigenvalue weighted by molar-refractivity contribution is 7.98. The molecule has 1 aromatic carbocycles. The van der Waals surface area contributed by atoms with Crippen LogP contribution >= 0.6 is 11.8 Å². The zero-order chi connectivity index (χ0) is 9.97. The van der Waals surface area contributed by atoms with Crippen LogP contribution in [0.5, 0.6) is 0 Å². The Labute approximate surface area is 89.8 Å². The number of para-hydroxylation sites is 1. The van der Waals surface area contributed by atoms with E-state index in [9.17, 15) is 0 Å². The number of fused-ring (bicyclic) bond motifs is 1. The van der Waals surface area contributed by atoms with E-state index in [0.717, 1.165) is 18.7 Å². The Bertz CT molecular complexity index is 346. The van der Waals surface area contributed by atoms with Crippen molar-refractivity contribution in [2.24, 2.45) is 0 Å². The van der Waals surface area contributed by atoms with Crippen LogP contribution in [0, 0.1) is 0 Å². The minimum Gasteiger partial charge on any atom is -0.344 e. The Hall–Kier alpha value is -0.890. The SMILES string of the molecule is C=C(CSC)N1CCc2ccccc21. The second kappa shape index (κ2) is 4.09. The van der Waals surface area contributed by atoms with Gasteiger partial charge in [0, 0.05) is 23.7 Å². The number of nitrogens with zero attached hydrogens (tertiary/aromatic N) is 1. The van der Waals surface area contributed by atoms with Gasteiger partial charge in [0.05, 0.1) is 0 Å². The van der Waals surface area contributed by atoms with Crippen LogP contribution in [0.25, 0.3) is 0 Å². The van der Waals surface area contributed by atoms with E-state index in [1.54, 1.807) is 0 Å². The summed E-state index contributed by atoms with van der Waals surface area (Å²) in [7, 11) is 0. The largest absolute Gasteiger partial charge is 0.344 e. The maximum atomic E-state index is 4.13. The molecule has 1 aromatic rings. The van der Waals surface area contributed by atoms with Crippen LogP contribution in [0.3, 0.4) is 0 Å². The fourth-order valence-electron chi connectivity index (χ4n) is 1.91. The van der Waals surface area contributed by atoms with Gasteiger partial charge in [-0.15, -0.1) is 0 Å². The number of hydrogen-bond donors (Lipinski definition) is 0. The molecule has 0 N–H and O–H groups in total. The van der Waals surface area contributed by atoms with Gasteiger partial charge >= 0.3 is 0 Å². The lowest BCUT2D eigenvalue weighted by Gasteiger charge is -2.21. The van der Waals surface area contributed by atoms with Crippen LogP contribution in [-0.4, -0.2) is 18.6 Å². The van der Waals surface area contributed by atoms with E-state index >= 15 is 0 Å². The molecule has 0 saturated carbocycles. The Morgan fingerprint density at radius 2 is 2.29 bits per heavy atom. The molecule has 0 atom stereocenters. The monoisotopic (exact) mass is 205 g/mol. The van der Waals surface area contributed by atoms with Crippen molar-refractivity contribution in [3.8, 4) is 0 Å². The summed E-state index contributed by atoms with van der Waals surface area (Å²) in [6, 6.07) is 8.61. The zero-order valence-corrected chi connectivity index (χ0v) is 9.31. The predicted molar refractivity (Wildman–Crippen MR) is 65.0 cm³/mol. The van der Waals surface area contributed by atoms with E-state index in [0.29, 0.717) is 0 Å². The molecule has 1 nitrogen and oxygen atoms in total. The van der Waals surface area contributed by atoms with Crippen LogP contribution in [0.15, 0.2) is 36.5 Å². The average molecular weight is 205 g/mol. The summed E-state index contributed by atoms with van der Waals surface area (Å²) in [5.74, 6) is 1.02. The first kappa shape index (κ1) is 9.66. The van der Waals surface area contributed by atoms with Crippen molar-refractivity contribution in [3.05, 3.63) is 42.1 Å². The number of benzene rings is 1. The van der Waals surface area contributed by atoms with Crippen molar-refractivity contribution >= 4 is 17.4 Å². The van der Waals surface area contributed by atoms with Gasteiger partial charge in [0.1, 0.15) is 0 Å². The fraction of sp³-hybridized carbons (Fsp3) is 0.333. The molecule has 2 rings (SSSR count). The summed E-state index contributed by atoms with van der Waals surface area (Å²) in [5, 5.41) is 0. The second-order valence-corrected chi connectivity index (χ2v) is 4.40. The van der Waals surface area contributed by atoms with Gasteiger partial charge in [-0.2, -0.15) is 11.8 Å². The highest BCUT2D eigenvalue weighted by atomic mass is 32.2. The fourth-order valence-corrected chi connectivity index (χ4v) is 2.40. The molecule has 0 saturated heterocycles. The number of thioether (sulfide) groups is 1. The molecule has 1 aliphatic heterocycles. The topological polar surface area (TPSA) is 3.24 Å². The molecular weight excluding hydrogens is 190 g/mol. The third-order valence-corrected chi connectivity index (χ3v) is 3.20. The van der Waals surface area contributed by atoms with Gasteiger partial charge in [-0.3, -0.25) is 0 Å². The normalized spacial score (nSPS) is 14.2. The van der Waals surface area contributed by atoms with Gasteiger partial charge in [0.2, 0.25) is 0 Å². The van der Waals surface area contributed by atoms with Crippen molar-refractivity contribution in [1.29, 1.82) is 0 Å². The first-order chi connectivity index (χ1) is 6.83. The maximum absolute atomic E-state index is 4.13. The molecule has 74 valence electrons. The Kier molecular flexibility index (Phi) is 2.82. The van der Waals surface area contributed by atoms with Crippen molar-refractivity contribution in [2.75, 3.05) is 23.5 Å². The van der Waals surface area contributed by atoms with Crippen molar-refractivity contribution in [1.82, 2.24) is 0 Å². The van der Waals surface area contributed by atoms with Crippen molar-refractivity contribution < 1.29 is 0 Å². The summed E-state index contributed by atoms with van der Waals surface area (Å²) in [4.78, 5) is 2.34. The highest BCUT2D eigenvalue weighted by Gasteiger charge is 2.19. The number of anilines is 1. The lowest BCUT2D eigenvalue weighted by atomic mass is 10.2. The van der Waals surface area contributed by atoms with E-state index in [4.69, 9.17) is 0 Å². The summed E-state index contributed by atoms with van der Waals surface area (Å²) < 4.78 is 0. The lowest BCUT2D eigenvalue weighted by molar-refractivity contribution is 0.952. The molecule has 0 radical (unpaired) electrons. The summed E-state index contributed by atoms with van der Waals surface area (Å²) in [5.41, 5.74) is 4.03. The standard InChI is InChI=1S/C12H15NS/c1-10(9-14-2)13-8-7-11-5-3-4-6-12(11)13/h3-6H,1,7-9H2,2H3. The smallest absolute Gasteiger partial charge is 0.0441 e. The molecule has 0 fully saturated rings. The van der Waals surface area contributed by atoms with E-state index < -0.39 is 0 Å². The third-order valence-electron chi connectivity index (χ3n) is 2.58. The first-order valence-corrected chi connectivity index (χ1v) is 6.24. The van der Waals surface area contributed by atoms with Crippen LogP contribution in [-0.2, 0) is 6.42 Å². The van der Waals surface area contributed by atoms with E-state index in [2.05, 4.69) is 42.0 Å². The van der Waals surface area contributed by atoms with Gasteiger partial charge in [-0.1, -0.05) is 24.8 Å². The minimum absolute atomic E-state index is 1.02. The van der Waals surface area contributed by atoms with Gasteiger partial charge in [0.25, 0.3) is 0 Å². The van der Waals surface area contributed by atoms with Gasteiger partial charge in [0.15, 0.2) is 0 Å². The van der Waals surface area contributed by atoms with E-state index in [-0.39, 0.29) is 0 Å². The molecule has 2 heteroatoms. The first-order valence-electron chi connectivity index (χ1n) is 4.85. The lowest BCUT2D eigenvalue weighted by Crippen LogP contribution is -2.20. The molecule has 1 aliphatic rings. The van der Waals surface area contributed by atoms with Crippen LogP contribution in [0.4, 0.5) is 5.69 Å². The number of rotatable bonds is 3. The highest BCUT2D eigenvalue weighted by Crippen LogP contribution is 2.30. The predicted octanol–water partition coefficient (Wildman–Crippen LogP) is 2.93. The number of hydrogen-bond acceptors (Lipinski definition) is 2. The molecular formula is C12H15NS. The molecule has 0 aliphatic carbocycles. The molecule has 0 unspecified atom stereocenters. The molecule has 14 heavy (non-hydrogen) atoms. The minimum atomic E-state index is 1.02. The summed E-state index contributed by atoms with van der Waals surface area (Å²) in [6.07, 6.45) is 3.27. The van der Waals surface area contributed by atoms with Gasteiger partial charge in [-0.05, 0) is 24.3 Å². The maximum Gasteiger partial charge on any atom is 0.0441 e. The van der Waals surface area contributed by atoms with Crippen LogP contribution < -0.4 is 4.90 Å². The molecule has 1 heterocycles. The third kappa shape index (κ3) is 1.67. The Balaban J connectivity index is 2.21. The summed E-state index contributed by atoms with van der Waals surface area (Å²) in [6.45, 7) is 5.23. The van der Waals surface area contributed by atoms with Crippen molar-refractivity contribution in [2.45, 2.75) is 6.42 Å². The van der Waals surface area contributed by atoms with Crippen LogP contribution in [0.1, 0.15) is 5.56 Å². The molecule has 0 spiro atoms. The Morgan fingerprint density at radius 1 is 1.50 bits per heavy atom. The average Bonchev–Trinajstić information content (AvgIpc) is 2.61. The Morgan fingerprint density at radius 3 is 3.07 bits per heavy atom. The zero-order valence-electron chi connectivity index (χ0n) is 8.49. The van der Waals surface area contributed by atoms with Gasteiger partial charge in [-0.25, -0.2) is 0 Å². The summed E-state index contributed by atoms with van der Waals surface area (Å²) >= 11 is 1.83. The molecule has 0 aromatic heterocycles. The second-order valence-electron chi connectivity index (χ2n) is 3.53. The molecule has 0 amide bonds.